The monoisotopic (exact) mass is 213 g/mol. The Bertz CT molecular complexity index is 687. The first-order chi connectivity index (χ1) is 7.79. The van der Waals surface area contributed by atoms with Gasteiger partial charge in [-0.15, -0.1) is 0 Å². The van der Waals surface area contributed by atoms with Gasteiger partial charge >= 0.3 is 0 Å². The molecule has 0 atom stereocenters. The van der Waals surface area contributed by atoms with Crippen LogP contribution in [-0.4, -0.2) is 9.94 Å². The van der Waals surface area contributed by atoms with Crippen molar-refractivity contribution in [3.05, 3.63) is 53.4 Å². The second-order valence-corrected chi connectivity index (χ2v) is 3.58. The third kappa shape index (κ3) is 1.04. The molecule has 0 aliphatic rings. The summed E-state index contributed by atoms with van der Waals surface area (Å²) in [5.74, 6) is 0. The lowest BCUT2D eigenvalue weighted by molar-refractivity contribution is -0.433. The van der Waals surface area contributed by atoms with Crippen molar-refractivity contribution in [2.45, 2.75) is 0 Å². The smallest absolute Gasteiger partial charge is 0.290 e. The maximum Gasteiger partial charge on any atom is 0.290 e. The van der Waals surface area contributed by atoms with Crippen LogP contribution in [0.15, 0.2) is 48.5 Å². The van der Waals surface area contributed by atoms with Crippen LogP contribution in [0.5, 0.6) is 0 Å². The van der Waals surface area contributed by atoms with E-state index in [1.807, 2.05) is 0 Å². The zero-order chi connectivity index (χ0) is 11.1. The number of benzene rings is 2. The largest absolute Gasteiger partial charge is 0.427 e. The fourth-order valence-corrected chi connectivity index (χ4v) is 1.89. The minimum absolute atomic E-state index is 0.448. The normalized spacial score (nSPS) is 11.0. The van der Waals surface area contributed by atoms with Crippen molar-refractivity contribution in [3.8, 4) is 0 Å². The van der Waals surface area contributed by atoms with Crippen LogP contribution in [0.1, 0.15) is 0 Å². The number of aromatic nitrogens is 2. The van der Waals surface area contributed by atoms with E-state index < -0.39 is 0 Å². The van der Waals surface area contributed by atoms with Gasteiger partial charge in [0, 0.05) is 17.0 Å². The lowest BCUT2D eigenvalue weighted by Gasteiger charge is -2.01. The highest BCUT2D eigenvalue weighted by atomic mass is 16.5. The van der Waals surface area contributed by atoms with Gasteiger partial charge in [0.1, 0.15) is 0 Å². The summed E-state index contributed by atoms with van der Waals surface area (Å²) in [5.41, 5.74) is 1.89. The Kier molecular flexibility index (Phi) is 1.71. The van der Waals surface area contributed by atoms with Gasteiger partial charge in [0.15, 0.2) is 11.0 Å². The van der Waals surface area contributed by atoms with Crippen molar-refractivity contribution in [1.29, 1.82) is 0 Å². The van der Waals surface area contributed by atoms with E-state index >= 15 is 0 Å². The fraction of sp³-hybridized carbons (Fsp3) is 0. The van der Waals surface area contributed by atoms with Crippen LogP contribution >= 0.6 is 0 Å². The van der Waals surface area contributed by atoms with Gasteiger partial charge < -0.3 is 5.21 Å². The summed E-state index contributed by atoms with van der Waals surface area (Å²) in [6, 6.07) is 13.9. The van der Waals surface area contributed by atoms with Gasteiger partial charge in [0.2, 0.25) is 0 Å². The Morgan fingerprint density at radius 1 is 0.875 bits per heavy atom. The van der Waals surface area contributed by atoms with Gasteiger partial charge in [0.05, 0.1) is 4.43 Å². The Morgan fingerprint density at radius 2 is 1.31 bits per heavy atom. The predicted octanol–water partition coefficient (Wildman–Crippen LogP) is 1.95. The van der Waals surface area contributed by atoms with Crippen molar-refractivity contribution < 1.29 is 9.63 Å². The molecular formula is C12H9N2O2+. The van der Waals surface area contributed by atoms with E-state index in [-0.39, 0.29) is 0 Å². The molecule has 1 heterocycles. The highest BCUT2D eigenvalue weighted by molar-refractivity contribution is 5.81. The molecular weight excluding hydrogens is 204 g/mol. The number of rotatable bonds is 0. The molecule has 3 aromatic rings. The second-order valence-electron chi connectivity index (χ2n) is 3.58. The Hall–Kier alpha value is -2.36. The standard InChI is InChI=1S/C12H9N2O2/c15-13-9-5-1-2-6-10(9)14(16)12-8-4-3-7-11(12)13/h1-8,15H/q+1. The Balaban J connectivity index is 2.73. The van der Waals surface area contributed by atoms with E-state index in [0.717, 1.165) is 9.16 Å². The van der Waals surface area contributed by atoms with E-state index in [9.17, 15) is 10.1 Å². The van der Waals surface area contributed by atoms with Gasteiger partial charge in [0.25, 0.3) is 11.0 Å². The zero-order valence-electron chi connectivity index (χ0n) is 8.37. The van der Waals surface area contributed by atoms with E-state index in [4.69, 9.17) is 0 Å². The molecule has 4 heteroatoms. The van der Waals surface area contributed by atoms with Gasteiger partial charge in [-0.2, -0.15) is 4.73 Å². The molecule has 0 amide bonds. The van der Waals surface area contributed by atoms with Crippen molar-refractivity contribution in [2.24, 2.45) is 0 Å². The first-order valence-electron chi connectivity index (χ1n) is 4.93. The van der Waals surface area contributed by atoms with Crippen LogP contribution in [0, 0.1) is 4.91 Å². The van der Waals surface area contributed by atoms with E-state index in [1.165, 1.54) is 0 Å². The van der Waals surface area contributed by atoms with Crippen LogP contribution in [0.4, 0.5) is 0 Å². The van der Waals surface area contributed by atoms with Crippen molar-refractivity contribution in [3.63, 3.8) is 0 Å². The quantitative estimate of drug-likeness (QED) is 0.352. The average Bonchev–Trinajstić information content (AvgIpc) is 2.36. The summed E-state index contributed by atoms with van der Waals surface area (Å²) >= 11 is 0. The highest BCUT2D eigenvalue weighted by Crippen LogP contribution is 2.15. The first-order valence-corrected chi connectivity index (χ1v) is 4.93. The summed E-state index contributed by atoms with van der Waals surface area (Å²) in [6.07, 6.45) is 0. The van der Waals surface area contributed by atoms with Gasteiger partial charge in [-0.25, -0.2) is 0 Å². The molecule has 78 valence electrons. The van der Waals surface area contributed by atoms with E-state index in [0.29, 0.717) is 22.1 Å². The second kappa shape index (κ2) is 3.06. The molecule has 1 aromatic heterocycles. The number of para-hydroxylation sites is 4. The third-order valence-electron chi connectivity index (χ3n) is 2.66. The van der Waals surface area contributed by atoms with Gasteiger partial charge in [-0.1, -0.05) is 24.3 Å². The Morgan fingerprint density at radius 3 is 1.81 bits per heavy atom. The molecule has 0 fully saturated rings. The minimum Gasteiger partial charge on any atom is -0.427 e. The van der Waals surface area contributed by atoms with Gasteiger partial charge in [-0.3, -0.25) is 0 Å². The van der Waals surface area contributed by atoms with Crippen LogP contribution in [0.3, 0.4) is 0 Å². The lowest BCUT2D eigenvalue weighted by atomic mass is 10.2. The molecule has 1 N–H and O–H groups in total. The number of nitrogens with zero attached hydrogens (tertiary/aromatic N) is 2. The molecule has 0 saturated heterocycles. The predicted molar refractivity (Wildman–Crippen MR) is 60.0 cm³/mol. The Labute approximate surface area is 90.5 Å². The fourth-order valence-electron chi connectivity index (χ4n) is 1.89. The SMILES string of the molecule is O=[n+]1c2ccccc2n(O)c2ccccc21. The number of hydrogen-bond acceptors (Lipinski definition) is 2. The summed E-state index contributed by atoms with van der Waals surface area (Å²) < 4.78 is 1.87. The maximum absolute atomic E-state index is 12.0. The number of hydrogen-bond donors (Lipinski definition) is 1. The summed E-state index contributed by atoms with van der Waals surface area (Å²) in [7, 11) is 0. The molecule has 0 bridgehead atoms. The summed E-state index contributed by atoms with van der Waals surface area (Å²) in [5, 5.41) is 10.00. The summed E-state index contributed by atoms with van der Waals surface area (Å²) in [4.78, 5) is 12.0. The molecule has 0 spiro atoms. The van der Waals surface area contributed by atoms with Crippen molar-refractivity contribution >= 4 is 22.1 Å². The maximum atomic E-state index is 12.0. The summed E-state index contributed by atoms with van der Waals surface area (Å²) in [6.45, 7) is 0. The topological polar surface area (TPSA) is 48.1 Å². The molecule has 4 nitrogen and oxygen atoms in total. The van der Waals surface area contributed by atoms with E-state index in [2.05, 4.69) is 0 Å². The molecule has 0 aliphatic heterocycles. The molecule has 0 aliphatic carbocycles. The van der Waals surface area contributed by atoms with Crippen molar-refractivity contribution in [1.82, 2.24) is 4.73 Å². The first kappa shape index (κ1) is 8.91. The van der Waals surface area contributed by atoms with Crippen LogP contribution < -0.4 is 4.43 Å². The molecule has 2 aromatic carbocycles. The number of fused-ring (bicyclic) bond motifs is 2. The average molecular weight is 213 g/mol. The van der Waals surface area contributed by atoms with Crippen molar-refractivity contribution in [2.75, 3.05) is 0 Å². The van der Waals surface area contributed by atoms with Crippen LogP contribution in [0.2, 0.25) is 0 Å². The lowest BCUT2D eigenvalue weighted by Crippen LogP contribution is -2.19. The molecule has 0 saturated carbocycles. The molecule has 3 rings (SSSR count). The van der Waals surface area contributed by atoms with Crippen LogP contribution in [0.25, 0.3) is 22.1 Å². The molecule has 0 unspecified atom stereocenters. The zero-order valence-corrected chi connectivity index (χ0v) is 8.37. The van der Waals surface area contributed by atoms with Crippen LogP contribution in [-0.2, 0) is 0 Å². The molecule has 16 heavy (non-hydrogen) atoms. The highest BCUT2D eigenvalue weighted by Gasteiger charge is 2.16. The van der Waals surface area contributed by atoms with Gasteiger partial charge in [-0.05, 0) is 12.1 Å². The molecule has 0 radical (unpaired) electrons. The third-order valence-corrected chi connectivity index (χ3v) is 2.66. The minimum atomic E-state index is 0.448. The van der Waals surface area contributed by atoms with E-state index in [1.54, 1.807) is 48.5 Å².